The summed E-state index contributed by atoms with van der Waals surface area (Å²) in [4.78, 5) is 15.1. The normalized spacial score (nSPS) is 21.2. The molecule has 1 amide bonds. The Labute approximate surface area is 174 Å². The van der Waals surface area contributed by atoms with Gasteiger partial charge in [0.25, 0.3) is 0 Å². The Balaban J connectivity index is 1.47. The summed E-state index contributed by atoms with van der Waals surface area (Å²) < 4.78 is 32.4. The van der Waals surface area contributed by atoms with Crippen molar-refractivity contribution in [1.29, 1.82) is 0 Å². The summed E-state index contributed by atoms with van der Waals surface area (Å²) in [6.07, 6.45) is 5.18. The Bertz CT molecular complexity index is 774. The van der Waals surface area contributed by atoms with Crippen LogP contribution in [0.1, 0.15) is 50.5 Å². The molecule has 2 aliphatic rings. The van der Waals surface area contributed by atoms with E-state index in [1.807, 2.05) is 6.92 Å². The number of carbonyl (C=O) groups is 1. The average molecular weight is 427 g/mol. The van der Waals surface area contributed by atoms with Crippen LogP contribution in [0.5, 0.6) is 0 Å². The highest BCUT2D eigenvalue weighted by Gasteiger charge is 2.36. The molecular formula is C20H34N4O4S. The van der Waals surface area contributed by atoms with Gasteiger partial charge in [-0.05, 0) is 58.5 Å². The first-order valence-corrected chi connectivity index (χ1v) is 12.2. The third kappa shape index (κ3) is 5.19. The fraction of sp³-hybridized carbons (Fsp3) is 0.800. The predicted octanol–water partition coefficient (Wildman–Crippen LogP) is 1.93. The molecule has 29 heavy (non-hydrogen) atoms. The van der Waals surface area contributed by atoms with Crippen molar-refractivity contribution < 1.29 is 17.7 Å². The van der Waals surface area contributed by atoms with Crippen LogP contribution < -0.4 is 5.32 Å². The van der Waals surface area contributed by atoms with E-state index >= 15 is 0 Å². The number of nitrogens with zero attached hydrogens (tertiary/aromatic N) is 3. The summed E-state index contributed by atoms with van der Waals surface area (Å²) in [6, 6.07) is 0. The maximum Gasteiger partial charge on any atom is 0.248 e. The van der Waals surface area contributed by atoms with E-state index in [0.717, 1.165) is 19.6 Å². The van der Waals surface area contributed by atoms with Crippen LogP contribution in [0.4, 0.5) is 0 Å². The molecule has 2 aliphatic heterocycles. The zero-order chi connectivity index (χ0) is 21.0. The summed E-state index contributed by atoms with van der Waals surface area (Å²) in [5, 5.41) is 6.84. The van der Waals surface area contributed by atoms with Crippen molar-refractivity contribution in [3.8, 4) is 0 Å². The number of aryl methyl sites for hydroxylation is 2. The molecule has 0 aliphatic carbocycles. The zero-order valence-electron chi connectivity index (χ0n) is 17.8. The van der Waals surface area contributed by atoms with Crippen LogP contribution >= 0.6 is 0 Å². The van der Waals surface area contributed by atoms with Crippen molar-refractivity contribution in [2.75, 3.05) is 39.3 Å². The second kappa shape index (κ2) is 9.57. The van der Waals surface area contributed by atoms with Gasteiger partial charge >= 0.3 is 0 Å². The summed E-state index contributed by atoms with van der Waals surface area (Å²) >= 11 is 0. The molecule has 3 heterocycles. The SMILES string of the molecule is Cc1noc(C)c1S(=O)(=O)N1CCC(C(C)C(=O)NCCN2CCCCC2)CC1. The van der Waals surface area contributed by atoms with Crippen LogP contribution in [0.3, 0.4) is 0 Å². The van der Waals surface area contributed by atoms with Crippen molar-refractivity contribution in [2.45, 2.75) is 57.8 Å². The highest BCUT2D eigenvalue weighted by atomic mass is 32.2. The molecule has 8 nitrogen and oxygen atoms in total. The number of likely N-dealkylation sites (tertiary alicyclic amines) is 1. The number of nitrogens with one attached hydrogen (secondary N) is 1. The largest absolute Gasteiger partial charge is 0.360 e. The second-order valence-corrected chi connectivity index (χ2v) is 10.3. The molecule has 1 aromatic heterocycles. The second-order valence-electron chi connectivity index (χ2n) is 8.38. The smallest absolute Gasteiger partial charge is 0.248 e. The van der Waals surface area contributed by atoms with Crippen LogP contribution in [0.15, 0.2) is 9.42 Å². The quantitative estimate of drug-likeness (QED) is 0.716. The third-order valence-corrected chi connectivity index (χ3v) is 8.50. The van der Waals surface area contributed by atoms with Crippen molar-refractivity contribution in [2.24, 2.45) is 11.8 Å². The number of piperidine rings is 2. The lowest BCUT2D eigenvalue weighted by Gasteiger charge is -2.33. The van der Waals surface area contributed by atoms with Crippen molar-refractivity contribution in [1.82, 2.24) is 19.7 Å². The van der Waals surface area contributed by atoms with Crippen LogP contribution in [0.2, 0.25) is 0 Å². The molecule has 0 saturated carbocycles. The summed E-state index contributed by atoms with van der Waals surface area (Å²) in [6.45, 7) is 9.91. The Hall–Kier alpha value is -1.45. The molecule has 0 spiro atoms. The Morgan fingerprint density at radius 1 is 1.17 bits per heavy atom. The molecule has 0 radical (unpaired) electrons. The maximum atomic E-state index is 12.9. The van der Waals surface area contributed by atoms with E-state index in [2.05, 4.69) is 15.4 Å². The molecule has 1 aromatic rings. The number of sulfonamides is 1. The maximum absolute atomic E-state index is 12.9. The Kier molecular flexibility index (Phi) is 7.34. The van der Waals surface area contributed by atoms with Crippen molar-refractivity contribution >= 4 is 15.9 Å². The van der Waals surface area contributed by atoms with Gasteiger partial charge in [0.15, 0.2) is 5.76 Å². The van der Waals surface area contributed by atoms with Crippen molar-refractivity contribution in [3.05, 3.63) is 11.5 Å². The summed E-state index contributed by atoms with van der Waals surface area (Å²) in [5.41, 5.74) is 0.395. The zero-order valence-corrected chi connectivity index (χ0v) is 18.6. The first-order chi connectivity index (χ1) is 13.8. The van der Waals surface area contributed by atoms with Crippen LogP contribution in [0.25, 0.3) is 0 Å². The van der Waals surface area contributed by atoms with Gasteiger partial charge in [0.2, 0.25) is 15.9 Å². The van der Waals surface area contributed by atoms with E-state index in [1.54, 1.807) is 13.8 Å². The number of hydrogen-bond donors (Lipinski definition) is 1. The monoisotopic (exact) mass is 426 g/mol. The van der Waals surface area contributed by atoms with Gasteiger partial charge in [-0.15, -0.1) is 0 Å². The lowest BCUT2D eigenvalue weighted by molar-refractivity contribution is -0.126. The van der Waals surface area contributed by atoms with Crippen LogP contribution in [-0.4, -0.2) is 68.0 Å². The number of hydrogen-bond acceptors (Lipinski definition) is 6. The molecule has 1 atom stereocenters. The molecule has 3 rings (SSSR count). The highest BCUT2D eigenvalue weighted by Crippen LogP contribution is 2.30. The first kappa shape index (κ1) is 22.2. The highest BCUT2D eigenvalue weighted by molar-refractivity contribution is 7.89. The molecule has 9 heteroatoms. The van der Waals surface area contributed by atoms with Gasteiger partial charge in [-0.3, -0.25) is 4.79 Å². The third-order valence-electron chi connectivity index (χ3n) is 6.36. The fourth-order valence-corrected chi connectivity index (χ4v) is 6.24. The molecule has 164 valence electrons. The molecule has 2 saturated heterocycles. The fourth-order valence-electron chi connectivity index (χ4n) is 4.48. The van der Waals surface area contributed by atoms with Gasteiger partial charge in [-0.25, -0.2) is 8.42 Å². The molecule has 1 unspecified atom stereocenters. The summed E-state index contributed by atoms with van der Waals surface area (Å²) in [5.74, 6) is 0.487. The molecule has 0 aromatic carbocycles. The Morgan fingerprint density at radius 2 is 1.83 bits per heavy atom. The molecular weight excluding hydrogens is 392 g/mol. The predicted molar refractivity (Wildman–Crippen MR) is 110 cm³/mol. The van der Waals surface area contributed by atoms with Crippen LogP contribution in [-0.2, 0) is 14.8 Å². The van der Waals surface area contributed by atoms with E-state index in [1.165, 1.54) is 23.6 Å². The molecule has 2 fully saturated rings. The molecule has 1 N–H and O–H groups in total. The van der Waals surface area contributed by atoms with Gasteiger partial charge in [-0.1, -0.05) is 18.5 Å². The van der Waals surface area contributed by atoms with Crippen LogP contribution in [0, 0.1) is 25.7 Å². The summed E-state index contributed by atoms with van der Waals surface area (Å²) in [7, 11) is -3.61. The van der Waals surface area contributed by atoms with Gasteiger partial charge in [-0.2, -0.15) is 4.31 Å². The van der Waals surface area contributed by atoms with E-state index in [9.17, 15) is 13.2 Å². The number of aromatic nitrogens is 1. The van der Waals surface area contributed by atoms with Gasteiger partial charge < -0.3 is 14.7 Å². The molecule has 0 bridgehead atoms. The Morgan fingerprint density at radius 3 is 2.41 bits per heavy atom. The standard InChI is InChI=1S/C20H34N4O4S/c1-15(20(25)21-9-14-23-10-5-4-6-11-23)18-7-12-24(13-8-18)29(26,27)19-16(2)22-28-17(19)3/h15,18H,4-14H2,1-3H3,(H,21,25). The van der Waals surface area contributed by atoms with Gasteiger partial charge in [0.05, 0.1) is 0 Å². The minimum Gasteiger partial charge on any atom is -0.360 e. The first-order valence-electron chi connectivity index (χ1n) is 10.7. The van der Waals surface area contributed by atoms with E-state index in [0.29, 0.717) is 43.9 Å². The topological polar surface area (TPSA) is 95.8 Å². The lowest BCUT2D eigenvalue weighted by Crippen LogP contribution is -2.44. The van der Waals surface area contributed by atoms with Gasteiger partial charge in [0, 0.05) is 32.1 Å². The van der Waals surface area contributed by atoms with Gasteiger partial charge in [0.1, 0.15) is 10.6 Å². The minimum atomic E-state index is -3.61. The number of amides is 1. The number of rotatable bonds is 7. The lowest BCUT2D eigenvalue weighted by atomic mass is 9.85. The van der Waals surface area contributed by atoms with E-state index in [-0.39, 0.29) is 22.6 Å². The van der Waals surface area contributed by atoms with Crippen molar-refractivity contribution in [3.63, 3.8) is 0 Å². The van der Waals surface area contributed by atoms with E-state index in [4.69, 9.17) is 4.52 Å². The minimum absolute atomic E-state index is 0.0778. The van der Waals surface area contributed by atoms with E-state index < -0.39 is 10.0 Å². The average Bonchev–Trinajstić information content (AvgIpc) is 3.07. The number of carbonyl (C=O) groups excluding carboxylic acids is 1.